The summed E-state index contributed by atoms with van der Waals surface area (Å²) >= 11 is 0. The minimum absolute atomic E-state index is 0.0206. The molecule has 2 aromatic rings. The van der Waals surface area contributed by atoms with Gasteiger partial charge in [0.15, 0.2) is 0 Å². The molecule has 3 heterocycles. The summed E-state index contributed by atoms with van der Waals surface area (Å²) in [4.78, 5) is 26.9. The van der Waals surface area contributed by atoms with Crippen molar-refractivity contribution in [1.82, 2.24) is 14.9 Å². The summed E-state index contributed by atoms with van der Waals surface area (Å²) in [5, 5.41) is 3.50. The van der Waals surface area contributed by atoms with Gasteiger partial charge in [-0.2, -0.15) is 4.98 Å². The highest BCUT2D eigenvalue weighted by Gasteiger charge is 2.45. The van der Waals surface area contributed by atoms with Crippen LogP contribution in [0.3, 0.4) is 0 Å². The van der Waals surface area contributed by atoms with E-state index in [4.69, 9.17) is 9.97 Å². The minimum atomic E-state index is -0.0206. The van der Waals surface area contributed by atoms with Crippen LogP contribution in [0, 0.1) is 5.41 Å². The Morgan fingerprint density at radius 1 is 1.17 bits per heavy atom. The molecule has 1 saturated heterocycles. The summed E-state index contributed by atoms with van der Waals surface area (Å²) in [7, 11) is 3.93. The summed E-state index contributed by atoms with van der Waals surface area (Å²) in [6.45, 7) is 6.37. The third-order valence-corrected chi connectivity index (χ3v) is 5.68. The van der Waals surface area contributed by atoms with Gasteiger partial charge in [-0.15, -0.1) is 0 Å². The molecule has 6 nitrogen and oxygen atoms in total. The fourth-order valence-corrected chi connectivity index (χ4v) is 4.47. The molecule has 0 aliphatic carbocycles. The number of carbonyl (C=O) groups excluding carboxylic acids is 1. The normalized spacial score (nSPS) is 20.4. The zero-order valence-electron chi connectivity index (χ0n) is 18.1. The number of rotatable bonds is 4. The molecule has 0 unspecified atom stereocenters. The van der Waals surface area contributed by atoms with Gasteiger partial charge in [0.05, 0.1) is 11.7 Å². The van der Waals surface area contributed by atoms with Crippen LogP contribution in [0.15, 0.2) is 30.3 Å². The van der Waals surface area contributed by atoms with Crippen molar-refractivity contribution in [2.45, 2.75) is 58.5 Å². The lowest BCUT2D eigenvalue weighted by molar-refractivity contribution is -0.136. The van der Waals surface area contributed by atoms with Crippen molar-refractivity contribution in [3.8, 4) is 0 Å². The molecule has 1 N–H and O–H groups in total. The molecule has 0 saturated carbocycles. The van der Waals surface area contributed by atoms with Crippen molar-refractivity contribution in [2.75, 3.05) is 24.3 Å². The Hall–Kier alpha value is -2.63. The summed E-state index contributed by atoms with van der Waals surface area (Å²) in [5.41, 5.74) is 3.14. The van der Waals surface area contributed by atoms with Gasteiger partial charge in [0, 0.05) is 44.2 Å². The quantitative estimate of drug-likeness (QED) is 0.839. The average molecular weight is 394 g/mol. The predicted molar refractivity (Wildman–Crippen MR) is 116 cm³/mol. The van der Waals surface area contributed by atoms with Gasteiger partial charge < -0.3 is 15.1 Å². The summed E-state index contributed by atoms with van der Waals surface area (Å²) in [5.74, 6) is 1.78. The molecule has 6 heteroatoms. The van der Waals surface area contributed by atoms with E-state index >= 15 is 0 Å². The van der Waals surface area contributed by atoms with E-state index in [9.17, 15) is 4.79 Å². The molecule has 1 fully saturated rings. The number of benzene rings is 1. The van der Waals surface area contributed by atoms with E-state index in [-0.39, 0.29) is 23.4 Å². The lowest BCUT2D eigenvalue weighted by Gasteiger charge is -2.38. The van der Waals surface area contributed by atoms with Gasteiger partial charge in [-0.05, 0) is 30.4 Å². The van der Waals surface area contributed by atoms with Gasteiger partial charge >= 0.3 is 0 Å². The summed E-state index contributed by atoms with van der Waals surface area (Å²) in [6.07, 6.45) is 3.36. The van der Waals surface area contributed by atoms with Gasteiger partial charge in [0.25, 0.3) is 0 Å². The highest BCUT2D eigenvalue weighted by molar-refractivity contribution is 5.79. The first-order chi connectivity index (χ1) is 13.7. The number of carbonyl (C=O) groups is 1. The Bertz CT molecular complexity index is 903. The van der Waals surface area contributed by atoms with Gasteiger partial charge in [-0.3, -0.25) is 4.79 Å². The highest BCUT2D eigenvalue weighted by Crippen LogP contribution is 2.47. The molecule has 4 rings (SSSR count). The van der Waals surface area contributed by atoms with Crippen LogP contribution in [0.4, 0.5) is 17.5 Å². The van der Waals surface area contributed by atoms with Crippen molar-refractivity contribution >= 4 is 23.4 Å². The van der Waals surface area contributed by atoms with Crippen molar-refractivity contribution < 1.29 is 4.79 Å². The molecule has 1 amide bonds. The van der Waals surface area contributed by atoms with E-state index in [1.807, 2.05) is 49.3 Å². The molecular formula is C23H31N5O. The number of hydrogen-bond acceptors (Lipinski definition) is 5. The first kappa shape index (κ1) is 19.7. The smallest absolute Gasteiger partial charge is 0.227 e. The fourth-order valence-electron chi connectivity index (χ4n) is 4.47. The van der Waals surface area contributed by atoms with Gasteiger partial charge in [0.2, 0.25) is 11.9 Å². The van der Waals surface area contributed by atoms with Crippen molar-refractivity contribution in [3.63, 3.8) is 0 Å². The molecule has 1 aromatic carbocycles. The molecule has 2 aliphatic rings. The number of nitrogens with zero attached hydrogens (tertiary/aromatic N) is 4. The van der Waals surface area contributed by atoms with Crippen LogP contribution < -0.4 is 10.2 Å². The topological polar surface area (TPSA) is 61.4 Å². The summed E-state index contributed by atoms with van der Waals surface area (Å²) in [6, 6.07) is 10.4. The lowest BCUT2D eigenvalue weighted by atomic mass is 9.90. The van der Waals surface area contributed by atoms with Gasteiger partial charge in [0.1, 0.15) is 5.82 Å². The largest absolute Gasteiger partial charge is 0.347 e. The maximum atomic E-state index is 13.2. The average Bonchev–Trinajstić information content (AvgIpc) is 2.95. The second kappa shape index (κ2) is 7.32. The van der Waals surface area contributed by atoms with E-state index < -0.39 is 0 Å². The van der Waals surface area contributed by atoms with E-state index in [1.54, 1.807) is 0 Å². The van der Waals surface area contributed by atoms with E-state index in [2.05, 4.69) is 31.0 Å². The Balaban J connectivity index is 1.75. The van der Waals surface area contributed by atoms with Gasteiger partial charge in [-0.25, -0.2) is 4.98 Å². The lowest BCUT2D eigenvalue weighted by Crippen LogP contribution is -2.43. The van der Waals surface area contributed by atoms with Crippen LogP contribution in [-0.4, -0.2) is 40.9 Å². The van der Waals surface area contributed by atoms with Crippen LogP contribution >= 0.6 is 0 Å². The van der Waals surface area contributed by atoms with Crippen LogP contribution in [-0.2, 0) is 11.2 Å². The van der Waals surface area contributed by atoms with Gasteiger partial charge in [-0.1, -0.05) is 39.0 Å². The Morgan fingerprint density at radius 2 is 1.90 bits per heavy atom. The molecule has 29 heavy (non-hydrogen) atoms. The van der Waals surface area contributed by atoms with Crippen LogP contribution in [0.2, 0.25) is 0 Å². The number of amides is 1. The number of para-hydroxylation sites is 1. The maximum Gasteiger partial charge on any atom is 0.227 e. The van der Waals surface area contributed by atoms with E-state index in [1.165, 1.54) is 0 Å². The molecule has 2 aliphatic heterocycles. The first-order valence-electron chi connectivity index (χ1n) is 10.4. The third-order valence-electron chi connectivity index (χ3n) is 5.68. The number of anilines is 3. The molecule has 1 aromatic heterocycles. The molecular weight excluding hydrogens is 362 g/mol. The zero-order valence-corrected chi connectivity index (χ0v) is 18.1. The monoisotopic (exact) mass is 393 g/mol. The molecule has 2 atom stereocenters. The van der Waals surface area contributed by atoms with Crippen molar-refractivity contribution in [3.05, 3.63) is 41.6 Å². The number of hydrogen-bond donors (Lipinski definition) is 1. The van der Waals surface area contributed by atoms with E-state index in [0.29, 0.717) is 12.4 Å². The molecule has 0 spiro atoms. The second-order valence-electron chi connectivity index (χ2n) is 9.61. The standard InChI is InChI=1S/C23H31N5O/c1-23(2,3)14-19(29)28-16-11-12-18(28)20-17(13-16)25-22(27(4)5)26-21(20)24-15-9-7-6-8-10-15/h6-10,16,18H,11-14H2,1-5H3,(H,24,25,26)/t16-,18+/m0/s1. The maximum absolute atomic E-state index is 13.2. The van der Waals surface area contributed by atoms with Crippen molar-refractivity contribution in [1.29, 1.82) is 0 Å². The zero-order chi connectivity index (χ0) is 20.8. The molecule has 2 bridgehead atoms. The van der Waals surface area contributed by atoms with Crippen LogP contribution in [0.5, 0.6) is 0 Å². The first-order valence-corrected chi connectivity index (χ1v) is 10.4. The van der Waals surface area contributed by atoms with Crippen LogP contribution in [0.1, 0.15) is 57.3 Å². The summed E-state index contributed by atoms with van der Waals surface area (Å²) < 4.78 is 0. The predicted octanol–water partition coefficient (Wildman–Crippen LogP) is 4.31. The second-order valence-corrected chi connectivity index (χ2v) is 9.61. The Kier molecular flexibility index (Phi) is 4.97. The SMILES string of the molecule is CN(C)c1nc2c(c(Nc3ccccc3)n1)[C@H]1CC[C@@H](C2)N1C(=O)CC(C)(C)C. The number of nitrogens with one attached hydrogen (secondary N) is 1. The number of aromatic nitrogens is 2. The highest BCUT2D eigenvalue weighted by atomic mass is 16.2. The molecule has 154 valence electrons. The number of fused-ring (bicyclic) bond motifs is 4. The van der Waals surface area contributed by atoms with Crippen molar-refractivity contribution in [2.24, 2.45) is 5.41 Å². The Morgan fingerprint density at radius 3 is 2.55 bits per heavy atom. The minimum Gasteiger partial charge on any atom is -0.347 e. The third kappa shape index (κ3) is 3.93. The fraction of sp³-hybridized carbons (Fsp3) is 0.522. The molecule has 0 radical (unpaired) electrons. The van der Waals surface area contributed by atoms with Crippen LogP contribution in [0.25, 0.3) is 0 Å². The Labute approximate surface area is 173 Å². The van der Waals surface area contributed by atoms with E-state index in [0.717, 1.165) is 42.0 Å².